The molecule has 0 bridgehead atoms. The number of rotatable bonds is 3. The van der Waals surface area contributed by atoms with E-state index >= 15 is 0 Å². The van der Waals surface area contributed by atoms with E-state index in [0.29, 0.717) is 15.8 Å². The monoisotopic (exact) mass is 290 g/mol. The summed E-state index contributed by atoms with van der Waals surface area (Å²) in [5, 5.41) is 0.258. The molecule has 0 amide bonds. The van der Waals surface area contributed by atoms with E-state index in [-0.39, 0.29) is 11.5 Å². The minimum absolute atomic E-state index is 0.132. The highest BCUT2D eigenvalue weighted by molar-refractivity contribution is 6.67. The summed E-state index contributed by atoms with van der Waals surface area (Å²) >= 11 is 16.9. The lowest BCUT2D eigenvalue weighted by molar-refractivity contribution is 0.108. The Hall–Kier alpha value is -1.16. The molecule has 0 fully saturated rings. The smallest absolute Gasteiger partial charge is 0.290 e. The van der Waals surface area contributed by atoms with Crippen LogP contribution in [0.4, 0.5) is 0 Å². The summed E-state index contributed by atoms with van der Waals surface area (Å²) < 4.78 is 10.3. The average Bonchev–Trinajstić information content (AvgIpc) is 2.64. The zero-order valence-electron chi connectivity index (χ0n) is 8.25. The van der Waals surface area contributed by atoms with Gasteiger partial charge in [-0.2, -0.15) is 0 Å². The van der Waals surface area contributed by atoms with Crippen LogP contribution in [0.3, 0.4) is 0 Å². The van der Waals surface area contributed by atoms with Gasteiger partial charge in [0.15, 0.2) is 0 Å². The van der Waals surface area contributed by atoms with Gasteiger partial charge in [0.2, 0.25) is 0 Å². The van der Waals surface area contributed by atoms with E-state index in [1.807, 2.05) is 0 Å². The summed E-state index contributed by atoms with van der Waals surface area (Å²) in [4.78, 5) is 10.8. The lowest BCUT2D eigenvalue weighted by atomic mass is 10.3. The molecule has 0 N–H and O–H groups in total. The van der Waals surface area contributed by atoms with Crippen LogP contribution >= 0.6 is 34.8 Å². The van der Waals surface area contributed by atoms with E-state index in [1.54, 1.807) is 18.2 Å². The summed E-state index contributed by atoms with van der Waals surface area (Å²) in [6.07, 6.45) is 1.21. The molecule has 0 spiro atoms. The first-order valence-electron chi connectivity index (χ1n) is 4.47. The maximum atomic E-state index is 10.8. The summed E-state index contributed by atoms with van der Waals surface area (Å²) in [5.74, 6) is 0.540. The molecular weight excluding hydrogens is 286 g/mol. The van der Waals surface area contributed by atoms with Crippen LogP contribution in [-0.2, 0) is 0 Å². The van der Waals surface area contributed by atoms with Crippen LogP contribution in [0.2, 0.25) is 10.0 Å². The van der Waals surface area contributed by atoms with Crippen LogP contribution in [0.25, 0.3) is 0 Å². The molecule has 88 valence electrons. The van der Waals surface area contributed by atoms with Gasteiger partial charge in [0, 0.05) is 16.1 Å². The second-order valence-electron chi connectivity index (χ2n) is 3.14. The number of furan rings is 1. The molecule has 0 saturated heterocycles. The molecule has 2 rings (SSSR count). The SMILES string of the molecule is O=C(Cl)c1coc(Oc2cc(Cl)cc(Cl)c2)c1. The van der Waals surface area contributed by atoms with Crippen molar-refractivity contribution < 1.29 is 13.9 Å². The highest BCUT2D eigenvalue weighted by Crippen LogP contribution is 2.29. The molecular formula is C11H5Cl3O3. The number of hydrogen-bond donors (Lipinski definition) is 0. The predicted molar refractivity (Wildman–Crippen MR) is 65.4 cm³/mol. The van der Waals surface area contributed by atoms with Gasteiger partial charge in [-0.3, -0.25) is 4.79 Å². The first kappa shape index (κ1) is 12.3. The fourth-order valence-corrected chi connectivity index (χ4v) is 1.78. The maximum Gasteiger partial charge on any atom is 0.290 e. The molecule has 0 aliphatic heterocycles. The van der Waals surface area contributed by atoms with Crippen molar-refractivity contribution in [1.82, 2.24) is 0 Å². The number of ether oxygens (including phenoxy) is 1. The molecule has 2 aromatic rings. The Morgan fingerprint density at radius 1 is 1.12 bits per heavy atom. The minimum Gasteiger partial charge on any atom is -0.433 e. The lowest BCUT2D eigenvalue weighted by Crippen LogP contribution is -1.84. The van der Waals surface area contributed by atoms with Gasteiger partial charge >= 0.3 is 0 Å². The Morgan fingerprint density at radius 2 is 1.76 bits per heavy atom. The highest BCUT2D eigenvalue weighted by Gasteiger charge is 2.09. The van der Waals surface area contributed by atoms with Crippen molar-refractivity contribution in [2.24, 2.45) is 0 Å². The maximum absolute atomic E-state index is 10.8. The van der Waals surface area contributed by atoms with Gasteiger partial charge in [-0.15, -0.1) is 0 Å². The molecule has 17 heavy (non-hydrogen) atoms. The molecule has 3 nitrogen and oxygen atoms in total. The van der Waals surface area contributed by atoms with Gasteiger partial charge in [0.05, 0.1) is 5.56 Å². The van der Waals surface area contributed by atoms with Gasteiger partial charge in [0.25, 0.3) is 11.2 Å². The Morgan fingerprint density at radius 3 is 2.29 bits per heavy atom. The molecule has 6 heteroatoms. The van der Waals surface area contributed by atoms with E-state index in [0.717, 1.165) is 0 Å². The number of hydrogen-bond acceptors (Lipinski definition) is 3. The topological polar surface area (TPSA) is 39.4 Å². The molecule has 0 saturated carbocycles. The largest absolute Gasteiger partial charge is 0.433 e. The number of carbonyl (C=O) groups is 1. The zero-order valence-corrected chi connectivity index (χ0v) is 10.5. The van der Waals surface area contributed by atoms with E-state index in [2.05, 4.69) is 0 Å². The quantitative estimate of drug-likeness (QED) is 0.766. The zero-order chi connectivity index (χ0) is 12.4. The van der Waals surface area contributed by atoms with Crippen molar-refractivity contribution in [2.75, 3.05) is 0 Å². The van der Waals surface area contributed by atoms with Gasteiger partial charge in [-0.1, -0.05) is 23.2 Å². The fraction of sp³-hybridized carbons (Fsp3) is 0. The van der Waals surface area contributed by atoms with Crippen molar-refractivity contribution in [1.29, 1.82) is 0 Å². The van der Waals surface area contributed by atoms with Crippen LogP contribution < -0.4 is 4.74 Å². The van der Waals surface area contributed by atoms with Crippen molar-refractivity contribution in [3.05, 3.63) is 46.1 Å². The van der Waals surface area contributed by atoms with Crippen LogP contribution in [0.15, 0.2) is 34.9 Å². The third-order valence-corrected chi connectivity index (χ3v) is 2.51. The standard InChI is InChI=1S/C11H5Cl3O3/c12-7-2-8(13)4-9(3-7)17-10-1-6(5-16-10)11(14)15/h1-5H. The predicted octanol–water partition coefficient (Wildman–Crippen LogP) is 4.76. The van der Waals surface area contributed by atoms with Crippen LogP contribution in [-0.4, -0.2) is 5.24 Å². The summed E-state index contributed by atoms with van der Waals surface area (Å²) in [7, 11) is 0. The lowest BCUT2D eigenvalue weighted by Gasteiger charge is -2.02. The van der Waals surface area contributed by atoms with E-state index < -0.39 is 5.24 Å². The molecule has 1 heterocycles. The number of carbonyl (C=O) groups excluding carboxylic acids is 1. The summed E-state index contributed by atoms with van der Waals surface area (Å²) in [6, 6.07) is 6.09. The Balaban J connectivity index is 2.22. The first-order valence-corrected chi connectivity index (χ1v) is 5.60. The van der Waals surface area contributed by atoms with Crippen LogP contribution in [0, 0.1) is 0 Å². The van der Waals surface area contributed by atoms with E-state index in [4.69, 9.17) is 44.0 Å². The molecule has 0 atom stereocenters. The van der Waals surface area contributed by atoms with Crippen molar-refractivity contribution in [3.63, 3.8) is 0 Å². The first-order chi connectivity index (χ1) is 8.04. The van der Waals surface area contributed by atoms with Crippen LogP contribution in [0.5, 0.6) is 11.7 Å². The second kappa shape index (κ2) is 5.00. The Kier molecular flexibility index (Phi) is 3.62. The van der Waals surface area contributed by atoms with Gasteiger partial charge < -0.3 is 9.15 Å². The highest BCUT2D eigenvalue weighted by atomic mass is 35.5. The minimum atomic E-state index is -0.618. The van der Waals surface area contributed by atoms with E-state index in [1.165, 1.54) is 12.3 Å². The fourth-order valence-electron chi connectivity index (χ4n) is 1.18. The van der Waals surface area contributed by atoms with E-state index in [9.17, 15) is 4.79 Å². The Labute approximate surface area is 112 Å². The summed E-state index contributed by atoms with van der Waals surface area (Å²) in [6.45, 7) is 0. The molecule has 1 aromatic carbocycles. The second-order valence-corrected chi connectivity index (χ2v) is 4.35. The van der Waals surface area contributed by atoms with Gasteiger partial charge in [-0.05, 0) is 29.8 Å². The van der Waals surface area contributed by atoms with Crippen molar-refractivity contribution in [3.8, 4) is 11.7 Å². The third-order valence-electron chi connectivity index (χ3n) is 1.86. The normalized spacial score (nSPS) is 10.3. The van der Waals surface area contributed by atoms with Crippen LogP contribution in [0.1, 0.15) is 10.4 Å². The molecule has 0 unspecified atom stereocenters. The molecule has 0 aliphatic carbocycles. The number of benzene rings is 1. The van der Waals surface area contributed by atoms with Gasteiger partial charge in [-0.25, -0.2) is 0 Å². The third kappa shape index (κ3) is 3.16. The average molecular weight is 292 g/mol. The molecule has 0 aliphatic rings. The number of halogens is 3. The summed E-state index contributed by atoms with van der Waals surface area (Å²) in [5.41, 5.74) is 0.217. The molecule has 1 aromatic heterocycles. The molecule has 0 radical (unpaired) electrons. The Bertz CT molecular complexity index is 543. The van der Waals surface area contributed by atoms with Crippen molar-refractivity contribution in [2.45, 2.75) is 0 Å². The van der Waals surface area contributed by atoms with Gasteiger partial charge in [0.1, 0.15) is 12.0 Å². The van der Waals surface area contributed by atoms with Crippen molar-refractivity contribution >= 4 is 40.0 Å².